The molecule has 0 aliphatic carbocycles. The van der Waals surface area contributed by atoms with Crippen molar-refractivity contribution in [1.82, 2.24) is 9.97 Å². The van der Waals surface area contributed by atoms with Crippen molar-refractivity contribution in [1.29, 1.82) is 0 Å². The van der Waals surface area contributed by atoms with Crippen molar-refractivity contribution in [3.05, 3.63) is 82.9 Å². The summed E-state index contributed by atoms with van der Waals surface area (Å²) in [6.07, 6.45) is 0. The van der Waals surface area contributed by atoms with E-state index in [2.05, 4.69) is 37.4 Å². The molecule has 0 saturated carbocycles. The maximum atomic E-state index is 12.8. The average molecular weight is 428 g/mol. The molecule has 0 spiro atoms. The number of hydrogen-bond acceptors (Lipinski definition) is 4. The largest absolute Gasteiger partial charge is 0.325 e. The molecule has 4 rings (SSSR count). The fourth-order valence-electron chi connectivity index (χ4n) is 3.73. The van der Waals surface area contributed by atoms with Crippen molar-refractivity contribution in [3.8, 4) is 11.4 Å². The zero-order valence-electron chi connectivity index (χ0n) is 18.2. The van der Waals surface area contributed by atoms with Crippen LogP contribution in [0.1, 0.15) is 22.3 Å². The second-order valence-corrected chi connectivity index (χ2v) is 8.81. The number of rotatable bonds is 5. The number of aryl methyl sites for hydroxylation is 4. The Morgan fingerprint density at radius 2 is 1.58 bits per heavy atom. The van der Waals surface area contributed by atoms with Crippen LogP contribution in [0.3, 0.4) is 0 Å². The highest BCUT2D eigenvalue weighted by molar-refractivity contribution is 8.00. The van der Waals surface area contributed by atoms with Crippen LogP contribution in [0.2, 0.25) is 0 Å². The number of thioether (sulfide) groups is 1. The molecule has 0 radical (unpaired) electrons. The minimum atomic E-state index is -0.0410. The number of amides is 1. The van der Waals surface area contributed by atoms with Crippen molar-refractivity contribution in [2.75, 3.05) is 11.1 Å². The molecule has 31 heavy (non-hydrogen) atoms. The molecule has 0 saturated heterocycles. The highest BCUT2D eigenvalue weighted by atomic mass is 32.2. The van der Waals surface area contributed by atoms with Gasteiger partial charge in [-0.2, -0.15) is 0 Å². The average Bonchev–Trinajstić information content (AvgIpc) is 2.75. The Labute approximate surface area is 187 Å². The van der Waals surface area contributed by atoms with Crippen LogP contribution in [0.5, 0.6) is 0 Å². The molecule has 4 nitrogen and oxygen atoms in total. The summed E-state index contributed by atoms with van der Waals surface area (Å²) in [7, 11) is 0. The zero-order valence-corrected chi connectivity index (χ0v) is 19.0. The van der Waals surface area contributed by atoms with E-state index in [9.17, 15) is 4.79 Å². The topological polar surface area (TPSA) is 54.9 Å². The van der Waals surface area contributed by atoms with Gasteiger partial charge in [0.05, 0.1) is 11.3 Å². The van der Waals surface area contributed by atoms with Gasteiger partial charge in [-0.1, -0.05) is 71.4 Å². The van der Waals surface area contributed by atoms with Gasteiger partial charge in [-0.25, -0.2) is 9.97 Å². The summed E-state index contributed by atoms with van der Waals surface area (Å²) < 4.78 is 0. The monoisotopic (exact) mass is 427 g/mol. The van der Waals surface area contributed by atoms with Gasteiger partial charge in [-0.05, 0) is 51.0 Å². The van der Waals surface area contributed by atoms with Crippen LogP contribution in [0.25, 0.3) is 22.3 Å². The molecule has 4 aromatic rings. The van der Waals surface area contributed by atoms with Gasteiger partial charge in [-0.3, -0.25) is 4.79 Å². The molecule has 0 atom stereocenters. The molecule has 0 aliphatic heterocycles. The maximum absolute atomic E-state index is 12.8. The van der Waals surface area contributed by atoms with Gasteiger partial charge in [0, 0.05) is 16.6 Å². The lowest BCUT2D eigenvalue weighted by Gasteiger charge is -2.13. The number of carbonyl (C=O) groups is 1. The molecule has 0 bridgehead atoms. The first kappa shape index (κ1) is 21.1. The molecule has 1 heterocycles. The molecule has 1 amide bonds. The smallest absolute Gasteiger partial charge is 0.234 e. The first-order chi connectivity index (χ1) is 14.9. The third-order valence-electron chi connectivity index (χ3n) is 5.13. The molecule has 5 heteroatoms. The second-order valence-electron chi connectivity index (χ2n) is 7.85. The molecule has 156 valence electrons. The fraction of sp³-hybridized carbons (Fsp3) is 0.192. The predicted molar refractivity (Wildman–Crippen MR) is 130 cm³/mol. The number of hydrogen-bond donors (Lipinski definition) is 1. The summed E-state index contributed by atoms with van der Waals surface area (Å²) >= 11 is 1.45. The number of aromatic nitrogens is 2. The van der Waals surface area contributed by atoms with Gasteiger partial charge in [0.2, 0.25) is 5.91 Å². The molecular formula is C26H25N3OS. The van der Waals surface area contributed by atoms with Crippen LogP contribution >= 0.6 is 11.8 Å². The van der Waals surface area contributed by atoms with Crippen LogP contribution in [0.4, 0.5) is 5.69 Å². The standard InChI is InChI=1S/C26H25N3OS/c1-16-10-11-22-21(14-16)26(29-25(27-22)20-8-6-5-7-9-20)31-15-23(30)28-24-18(3)12-17(2)13-19(24)4/h5-14H,15H2,1-4H3,(H,28,30). The van der Waals surface area contributed by atoms with E-state index in [1.807, 2.05) is 56.3 Å². The zero-order chi connectivity index (χ0) is 22.0. The molecule has 1 aromatic heterocycles. The van der Waals surface area contributed by atoms with Crippen LogP contribution in [-0.2, 0) is 4.79 Å². The summed E-state index contributed by atoms with van der Waals surface area (Å²) in [5.74, 6) is 0.909. The summed E-state index contributed by atoms with van der Waals surface area (Å²) in [6.45, 7) is 8.16. The Hall–Kier alpha value is -3.18. The van der Waals surface area contributed by atoms with Crippen molar-refractivity contribution >= 4 is 34.3 Å². The van der Waals surface area contributed by atoms with E-state index in [0.29, 0.717) is 5.82 Å². The summed E-state index contributed by atoms with van der Waals surface area (Å²) in [6, 6.07) is 20.2. The minimum absolute atomic E-state index is 0.0410. The van der Waals surface area contributed by atoms with Gasteiger partial charge in [0.15, 0.2) is 5.82 Å². The van der Waals surface area contributed by atoms with Crippen LogP contribution in [-0.4, -0.2) is 21.6 Å². The Morgan fingerprint density at radius 3 is 2.29 bits per heavy atom. The molecular weight excluding hydrogens is 402 g/mol. The summed E-state index contributed by atoms with van der Waals surface area (Å²) in [5, 5.41) is 4.87. The lowest BCUT2D eigenvalue weighted by atomic mass is 10.1. The van der Waals surface area contributed by atoms with Crippen LogP contribution in [0.15, 0.2) is 65.7 Å². The predicted octanol–water partition coefficient (Wildman–Crippen LogP) is 6.26. The van der Waals surface area contributed by atoms with Gasteiger partial charge < -0.3 is 5.32 Å². The third-order valence-corrected chi connectivity index (χ3v) is 6.12. The lowest BCUT2D eigenvalue weighted by molar-refractivity contribution is -0.113. The highest BCUT2D eigenvalue weighted by Crippen LogP contribution is 2.30. The minimum Gasteiger partial charge on any atom is -0.325 e. The summed E-state index contributed by atoms with van der Waals surface area (Å²) in [4.78, 5) is 22.3. The quantitative estimate of drug-likeness (QED) is 0.302. The molecule has 0 unspecified atom stereocenters. The van der Waals surface area contributed by atoms with Gasteiger partial charge in [0.25, 0.3) is 0 Å². The van der Waals surface area contributed by atoms with Crippen molar-refractivity contribution in [2.45, 2.75) is 32.7 Å². The number of nitrogens with one attached hydrogen (secondary N) is 1. The fourth-order valence-corrected chi connectivity index (χ4v) is 4.54. The van der Waals surface area contributed by atoms with E-state index in [1.54, 1.807) is 0 Å². The SMILES string of the molecule is Cc1cc(C)c(NC(=O)CSc2nc(-c3ccccc3)nc3ccc(C)cc23)c(C)c1. The van der Waals surface area contributed by atoms with E-state index in [4.69, 9.17) is 9.97 Å². The van der Waals surface area contributed by atoms with Crippen LogP contribution in [0, 0.1) is 27.7 Å². The lowest BCUT2D eigenvalue weighted by Crippen LogP contribution is -2.16. The number of fused-ring (bicyclic) bond motifs is 1. The van der Waals surface area contributed by atoms with Gasteiger partial charge in [-0.15, -0.1) is 0 Å². The van der Waals surface area contributed by atoms with Crippen molar-refractivity contribution in [2.24, 2.45) is 0 Å². The Morgan fingerprint density at radius 1 is 0.871 bits per heavy atom. The van der Waals surface area contributed by atoms with Gasteiger partial charge >= 0.3 is 0 Å². The van der Waals surface area contributed by atoms with Crippen molar-refractivity contribution < 1.29 is 4.79 Å². The van der Waals surface area contributed by atoms with Gasteiger partial charge in [0.1, 0.15) is 5.03 Å². The second kappa shape index (κ2) is 8.90. The van der Waals surface area contributed by atoms with Crippen LogP contribution < -0.4 is 5.32 Å². The number of benzene rings is 3. The molecule has 1 N–H and O–H groups in total. The normalized spacial score (nSPS) is 11.0. The van der Waals surface area contributed by atoms with E-state index in [0.717, 1.165) is 43.9 Å². The maximum Gasteiger partial charge on any atom is 0.234 e. The van der Waals surface area contributed by atoms with E-state index >= 15 is 0 Å². The molecule has 3 aromatic carbocycles. The third kappa shape index (κ3) is 4.78. The Kier molecular flexibility index (Phi) is 6.05. The molecule has 0 fully saturated rings. The summed E-state index contributed by atoms with van der Waals surface area (Å²) in [5.41, 5.74) is 7.22. The number of nitrogens with zero attached hydrogens (tertiary/aromatic N) is 2. The van der Waals surface area contributed by atoms with E-state index in [-0.39, 0.29) is 11.7 Å². The van der Waals surface area contributed by atoms with Crippen molar-refractivity contribution in [3.63, 3.8) is 0 Å². The number of anilines is 1. The number of carbonyl (C=O) groups excluding carboxylic acids is 1. The first-order valence-corrected chi connectivity index (χ1v) is 11.2. The first-order valence-electron chi connectivity index (χ1n) is 10.2. The highest BCUT2D eigenvalue weighted by Gasteiger charge is 2.14. The Balaban J connectivity index is 1.61. The Bertz CT molecular complexity index is 1250. The molecule has 0 aliphatic rings. The van der Waals surface area contributed by atoms with E-state index in [1.165, 1.54) is 17.3 Å². The van der Waals surface area contributed by atoms with E-state index < -0.39 is 0 Å².